The summed E-state index contributed by atoms with van der Waals surface area (Å²) in [6.45, 7) is 8.98. The summed E-state index contributed by atoms with van der Waals surface area (Å²) in [5.74, 6) is 0.800. The Morgan fingerprint density at radius 1 is 1.33 bits per heavy atom. The fourth-order valence-electron chi connectivity index (χ4n) is 1.20. The highest BCUT2D eigenvalue weighted by Crippen LogP contribution is 2.16. The lowest BCUT2D eigenvalue weighted by atomic mass is 9.99. The molecule has 0 aliphatic rings. The summed E-state index contributed by atoms with van der Waals surface area (Å²) in [6, 6.07) is 0. The fourth-order valence-corrected chi connectivity index (χ4v) is 1.20. The van der Waals surface area contributed by atoms with E-state index in [0.717, 1.165) is 12.3 Å². The van der Waals surface area contributed by atoms with E-state index in [4.69, 9.17) is 0 Å². The van der Waals surface area contributed by atoms with Crippen LogP contribution in [0.25, 0.3) is 0 Å². The summed E-state index contributed by atoms with van der Waals surface area (Å²) >= 11 is 0. The van der Waals surface area contributed by atoms with Crippen LogP contribution in [-0.2, 0) is 0 Å². The third-order valence-electron chi connectivity index (χ3n) is 2.60. The maximum atomic E-state index is 3.30. The highest BCUT2D eigenvalue weighted by atomic mass is 14.8. The molecule has 0 saturated carbocycles. The Morgan fingerprint density at radius 3 is 2.25 bits per heavy atom. The van der Waals surface area contributed by atoms with Gasteiger partial charge in [0.1, 0.15) is 0 Å². The van der Waals surface area contributed by atoms with E-state index in [0.29, 0.717) is 0 Å². The molecule has 0 aliphatic heterocycles. The van der Waals surface area contributed by atoms with Gasteiger partial charge in [-0.3, -0.25) is 0 Å². The van der Waals surface area contributed by atoms with Crippen molar-refractivity contribution in [2.45, 2.75) is 47.0 Å². The van der Waals surface area contributed by atoms with E-state index in [2.05, 4.69) is 33.0 Å². The highest BCUT2D eigenvalue weighted by Gasteiger charge is 2.04. The Morgan fingerprint density at radius 2 is 1.92 bits per heavy atom. The SMILES string of the molecule is CC/C(C)=C(\CC(C)CC)NC. The van der Waals surface area contributed by atoms with Gasteiger partial charge in [0.25, 0.3) is 0 Å². The van der Waals surface area contributed by atoms with E-state index >= 15 is 0 Å². The van der Waals surface area contributed by atoms with Crippen molar-refractivity contribution in [3.8, 4) is 0 Å². The smallest absolute Gasteiger partial charge is 0.00956 e. The molecule has 0 fully saturated rings. The molecule has 12 heavy (non-hydrogen) atoms. The van der Waals surface area contributed by atoms with Crippen LogP contribution >= 0.6 is 0 Å². The van der Waals surface area contributed by atoms with Crippen LogP contribution in [-0.4, -0.2) is 7.05 Å². The van der Waals surface area contributed by atoms with E-state index in [-0.39, 0.29) is 0 Å². The van der Waals surface area contributed by atoms with Gasteiger partial charge in [-0.1, -0.05) is 32.8 Å². The Balaban J connectivity index is 4.16. The summed E-state index contributed by atoms with van der Waals surface area (Å²) in [6.07, 6.45) is 3.63. The van der Waals surface area contributed by atoms with Gasteiger partial charge in [0.15, 0.2) is 0 Å². The Labute approximate surface area is 77.2 Å². The number of rotatable bonds is 5. The van der Waals surface area contributed by atoms with Gasteiger partial charge in [0, 0.05) is 12.7 Å². The first-order chi connectivity index (χ1) is 5.65. The molecule has 72 valence electrons. The molecule has 0 saturated heterocycles. The third-order valence-corrected chi connectivity index (χ3v) is 2.60. The molecule has 0 amide bonds. The second-order valence-corrected chi connectivity index (χ2v) is 3.58. The Hall–Kier alpha value is -0.460. The monoisotopic (exact) mass is 169 g/mol. The van der Waals surface area contributed by atoms with E-state index in [1.165, 1.54) is 24.1 Å². The summed E-state index contributed by atoms with van der Waals surface area (Å²) in [7, 11) is 2.02. The molecule has 1 nitrogen and oxygen atoms in total. The standard InChI is InChI=1S/C11H23N/c1-6-9(3)8-11(12-5)10(4)7-2/h9,12H,6-8H2,1-5H3/b11-10+. The van der Waals surface area contributed by atoms with Crippen LogP contribution in [0.5, 0.6) is 0 Å². The molecule has 1 atom stereocenters. The Bertz CT molecular complexity index is 147. The normalized spacial score (nSPS) is 15.4. The van der Waals surface area contributed by atoms with Gasteiger partial charge in [-0.2, -0.15) is 0 Å². The van der Waals surface area contributed by atoms with Crippen molar-refractivity contribution in [1.29, 1.82) is 0 Å². The largest absolute Gasteiger partial charge is 0.391 e. The van der Waals surface area contributed by atoms with Crippen LogP contribution in [0.15, 0.2) is 11.3 Å². The van der Waals surface area contributed by atoms with Gasteiger partial charge < -0.3 is 5.32 Å². The van der Waals surface area contributed by atoms with Crippen LogP contribution in [0.3, 0.4) is 0 Å². The first-order valence-electron chi connectivity index (χ1n) is 5.02. The number of nitrogens with one attached hydrogen (secondary N) is 1. The molecule has 0 radical (unpaired) electrons. The maximum absolute atomic E-state index is 3.30. The minimum absolute atomic E-state index is 0.800. The summed E-state index contributed by atoms with van der Waals surface area (Å²) in [4.78, 5) is 0. The second-order valence-electron chi connectivity index (χ2n) is 3.58. The maximum Gasteiger partial charge on any atom is 0.00956 e. The summed E-state index contributed by atoms with van der Waals surface area (Å²) in [5.41, 5.74) is 2.93. The molecule has 0 aromatic heterocycles. The molecule has 0 aromatic rings. The molecule has 0 heterocycles. The first-order valence-corrected chi connectivity index (χ1v) is 5.02. The lowest BCUT2D eigenvalue weighted by molar-refractivity contribution is 0.538. The van der Waals surface area contributed by atoms with Gasteiger partial charge in [-0.15, -0.1) is 0 Å². The minimum Gasteiger partial charge on any atom is -0.391 e. The number of allylic oxidation sites excluding steroid dienone is 2. The van der Waals surface area contributed by atoms with E-state index in [1.54, 1.807) is 0 Å². The molecule has 1 N–H and O–H groups in total. The van der Waals surface area contributed by atoms with Crippen molar-refractivity contribution in [2.75, 3.05) is 7.05 Å². The van der Waals surface area contributed by atoms with Crippen molar-refractivity contribution < 1.29 is 0 Å². The van der Waals surface area contributed by atoms with Crippen LogP contribution < -0.4 is 5.32 Å². The molecular weight excluding hydrogens is 146 g/mol. The van der Waals surface area contributed by atoms with Crippen LogP contribution in [0.1, 0.15) is 47.0 Å². The third kappa shape index (κ3) is 3.80. The minimum atomic E-state index is 0.800. The zero-order valence-electron chi connectivity index (χ0n) is 9.20. The van der Waals surface area contributed by atoms with Gasteiger partial charge in [-0.05, 0) is 25.7 Å². The summed E-state index contributed by atoms with van der Waals surface area (Å²) in [5, 5.41) is 3.30. The highest BCUT2D eigenvalue weighted by molar-refractivity contribution is 5.09. The van der Waals surface area contributed by atoms with E-state index in [9.17, 15) is 0 Å². The molecule has 0 spiro atoms. The van der Waals surface area contributed by atoms with Crippen molar-refractivity contribution in [3.05, 3.63) is 11.3 Å². The zero-order chi connectivity index (χ0) is 9.56. The van der Waals surface area contributed by atoms with Crippen molar-refractivity contribution in [2.24, 2.45) is 5.92 Å². The molecule has 1 unspecified atom stereocenters. The van der Waals surface area contributed by atoms with Gasteiger partial charge in [0.2, 0.25) is 0 Å². The van der Waals surface area contributed by atoms with Crippen molar-refractivity contribution >= 4 is 0 Å². The summed E-state index contributed by atoms with van der Waals surface area (Å²) < 4.78 is 0. The van der Waals surface area contributed by atoms with E-state index in [1.807, 2.05) is 7.05 Å². The quantitative estimate of drug-likeness (QED) is 0.665. The fraction of sp³-hybridized carbons (Fsp3) is 0.818. The molecule has 0 bridgehead atoms. The van der Waals surface area contributed by atoms with Crippen LogP contribution in [0, 0.1) is 5.92 Å². The van der Waals surface area contributed by atoms with Crippen LogP contribution in [0.2, 0.25) is 0 Å². The van der Waals surface area contributed by atoms with Crippen molar-refractivity contribution in [1.82, 2.24) is 5.32 Å². The second kappa shape index (κ2) is 6.10. The predicted octanol–water partition coefficient (Wildman–Crippen LogP) is 3.33. The number of hydrogen-bond donors (Lipinski definition) is 1. The lowest BCUT2D eigenvalue weighted by Crippen LogP contribution is -2.11. The van der Waals surface area contributed by atoms with Gasteiger partial charge in [0.05, 0.1) is 0 Å². The lowest BCUT2D eigenvalue weighted by Gasteiger charge is -2.14. The topological polar surface area (TPSA) is 12.0 Å². The molecule has 1 heteroatoms. The predicted molar refractivity (Wildman–Crippen MR) is 56.1 cm³/mol. The zero-order valence-corrected chi connectivity index (χ0v) is 9.20. The average molecular weight is 169 g/mol. The van der Waals surface area contributed by atoms with Gasteiger partial charge in [-0.25, -0.2) is 0 Å². The molecular formula is C11H23N. The molecule has 0 aliphatic carbocycles. The van der Waals surface area contributed by atoms with E-state index < -0.39 is 0 Å². The molecule has 0 rings (SSSR count). The van der Waals surface area contributed by atoms with Crippen LogP contribution in [0.4, 0.5) is 0 Å². The first kappa shape index (κ1) is 11.5. The number of hydrogen-bond acceptors (Lipinski definition) is 1. The van der Waals surface area contributed by atoms with Crippen molar-refractivity contribution in [3.63, 3.8) is 0 Å². The molecule has 0 aromatic carbocycles. The van der Waals surface area contributed by atoms with Gasteiger partial charge >= 0.3 is 0 Å². The average Bonchev–Trinajstić information content (AvgIpc) is 2.12. The Kier molecular flexibility index (Phi) is 5.87.